The summed E-state index contributed by atoms with van der Waals surface area (Å²) in [7, 11) is 0. The summed E-state index contributed by atoms with van der Waals surface area (Å²) in [6, 6.07) is 0. The number of ether oxygens (including phenoxy) is 2. The van der Waals surface area contributed by atoms with Gasteiger partial charge in [-0.15, -0.1) is 0 Å². The third-order valence-corrected chi connectivity index (χ3v) is 3.69. The Bertz CT molecular complexity index is 312. The molecule has 4 nitrogen and oxygen atoms in total. The highest BCUT2D eigenvalue weighted by molar-refractivity contribution is 5.68. The minimum absolute atomic E-state index is 0.0528. The first-order valence-electron chi connectivity index (χ1n) is 7.79. The molecule has 1 aliphatic heterocycles. The Morgan fingerprint density at radius 1 is 1.25 bits per heavy atom. The summed E-state index contributed by atoms with van der Waals surface area (Å²) in [4.78, 5) is 13.8. The number of carbonyl (C=O) groups is 1. The van der Waals surface area contributed by atoms with Gasteiger partial charge in [-0.1, -0.05) is 20.8 Å². The van der Waals surface area contributed by atoms with E-state index in [-0.39, 0.29) is 11.7 Å². The molecule has 1 amide bonds. The number of likely N-dealkylation sites (tertiary alicyclic amines) is 1. The second-order valence-corrected chi connectivity index (χ2v) is 7.21. The summed E-state index contributed by atoms with van der Waals surface area (Å²) < 4.78 is 11.6. The van der Waals surface area contributed by atoms with E-state index >= 15 is 0 Å². The zero-order valence-corrected chi connectivity index (χ0v) is 14.0. The first kappa shape index (κ1) is 17.3. The molecule has 1 rings (SSSR count). The van der Waals surface area contributed by atoms with E-state index in [4.69, 9.17) is 9.47 Å². The van der Waals surface area contributed by atoms with Crippen molar-refractivity contribution in [1.82, 2.24) is 4.90 Å². The molecule has 1 saturated heterocycles. The fourth-order valence-corrected chi connectivity index (χ4v) is 2.37. The van der Waals surface area contributed by atoms with Crippen LogP contribution in [0, 0.1) is 5.92 Å². The number of carbonyl (C=O) groups excluding carboxylic acids is 1. The second kappa shape index (κ2) is 6.79. The highest BCUT2D eigenvalue weighted by atomic mass is 16.6. The Morgan fingerprint density at radius 3 is 2.20 bits per heavy atom. The van der Waals surface area contributed by atoms with Gasteiger partial charge in [0.05, 0.1) is 5.60 Å². The molecule has 0 aromatic heterocycles. The van der Waals surface area contributed by atoms with E-state index in [1.165, 1.54) is 0 Å². The van der Waals surface area contributed by atoms with Gasteiger partial charge in [-0.05, 0) is 46.0 Å². The number of hydrogen-bond acceptors (Lipinski definition) is 3. The van der Waals surface area contributed by atoms with Gasteiger partial charge in [0.2, 0.25) is 0 Å². The summed E-state index contributed by atoms with van der Waals surface area (Å²) in [5.74, 6) is 0.544. The molecule has 0 saturated carbocycles. The Balaban J connectivity index is 2.50. The molecule has 118 valence electrons. The molecule has 0 aliphatic carbocycles. The van der Waals surface area contributed by atoms with Crippen LogP contribution >= 0.6 is 0 Å². The monoisotopic (exact) mass is 285 g/mol. The van der Waals surface area contributed by atoms with Gasteiger partial charge in [0.1, 0.15) is 5.60 Å². The molecule has 0 aromatic rings. The summed E-state index contributed by atoms with van der Waals surface area (Å²) in [6.45, 7) is 14.4. The highest BCUT2D eigenvalue weighted by Gasteiger charge is 2.36. The molecule has 1 fully saturated rings. The topological polar surface area (TPSA) is 38.8 Å². The second-order valence-electron chi connectivity index (χ2n) is 7.21. The largest absolute Gasteiger partial charge is 0.444 e. The zero-order valence-electron chi connectivity index (χ0n) is 14.0. The third-order valence-electron chi connectivity index (χ3n) is 3.69. The Morgan fingerprint density at radius 2 is 1.80 bits per heavy atom. The molecule has 4 heteroatoms. The average Bonchev–Trinajstić information content (AvgIpc) is 2.35. The van der Waals surface area contributed by atoms with Gasteiger partial charge >= 0.3 is 6.09 Å². The van der Waals surface area contributed by atoms with Crippen LogP contribution in [0.5, 0.6) is 0 Å². The lowest BCUT2D eigenvalue weighted by molar-refractivity contribution is -0.0947. The predicted molar refractivity (Wildman–Crippen MR) is 80.9 cm³/mol. The molecule has 0 radical (unpaired) electrons. The van der Waals surface area contributed by atoms with Gasteiger partial charge in [0, 0.05) is 19.7 Å². The van der Waals surface area contributed by atoms with Crippen LogP contribution in [0.25, 0.3) is 0 Å². The molecule has 0 aromatic carbocycles. The van der Waals surface area contributed by atoms with Crippen LogP contribution in [-0.4, -0.2) is 41.9 Å². The predicted octanol–water partition coefficient (Wildman–Crippen LogP) is 3.84. The average molecular weight is 285 g/mol. The standard InChI is InChI=1S/C16H31NO3/c1-7-16(19-12-13(2)3)8-10-17(11-9-16)14(18)20-15(4,5)6/h13H,7-12H2,1-6H3. The van der Waals surface area contributed by atoms with Crippen molar-refractivity contribution in [1.29, 1.82) is 0 Å². The number of amides is 1. The quantitative estimate of drug-likeness (QED) is 0.787. The van der Waals surface area contributed by atoms with Crippen LogP contribution in [0.1, 0.15) is 60.8 Å². The fourth-order valence-electron chi connectivity index (χ4n) is 2.37. The van der Waals surface area contributed by atoms with Crippen molar-refractivity contribution in [2.24, 2.45) is 5.92 Å². The minimum atomic E-state index is -0.426. The molecule has 1 aliphatic rings. The van der Waals surface area contributed by atoms with Crippen LogP contribution < -0.4 is 0 Å². The van der Waals surface area contributed by atoms with Crippen molar-refractivity contribution >= 4 is 6.09 Å². The van der Waals surface area contributed by atoms with E-state index in [1.807, 2.05) is 20.8 Å². The van der Waals surface area contributed by atoms with E-state index in [2.05, 4.69) is 20.8 Å². The molecule has 0 spiro atoms. The number of rotatable bonds is 4. The maximum absolute atomic E-state index is 12.0. The van der Waals surface area contributed by atoms with Gasteiger partial charge in [-0.25, -0.2) is 4.79 Å². The molecular weight excluding hydrogens is 254 g/mol. The fraction of sp³-hybridized carbons (Fsp3) is 0.938. The molecule has 0 unspecified atom stereocenters. The van der Waals surface area contributed by atoms with Crippen molar-refractivity contribution in [3.63, 3.8) is 0 Å². The van der Waals surface area contributed by atoms with Crippen molar-refractivity contribution in [3.05, 3.63) is 0 Å². The van der Waals surface area contributed by atoms with E-state index in [0.29, 0.717) is 5.92 Å². The van der Waals surface area contributed by atoms with Crippen molar-refractivity contribution in [3.8, 4) is 0 Å². The van der Waals surface area contributed by atoms with Crippen LogP contribution in [0.2, 0.25) is 0 Å². The summed E-state index contributed by atoms with van der Waals surface area (Å²) in [6.07, 6.45) is 2.60. The van der Waals surface area contributed by atoms with Gasteiger partial charge in [0.15, 0.2) is 0 Å². The van der Waals surface area contributed by atoms with E-state index in [9.17, 15) is 4.79 Å². The summed E-state index contributed by atoms with van der Waals surface area (Å²) in [5.41, 5.74) is -0.479. The summed E-state index contributed by atoms with van der Waals surface area (Å²) >= 11 is 0. The Hall–Kier alpha value is -0.770. The maximum atomic E-state index is 12.0. The van der Waals surface area contributed by atoms with E-state index in [0.717, 1.165) is 39.0 Å². The highest BCUT2D eigenvalue weighted by Crippen LogP contribution is 2.30. The molecule has 0 bridgehead atoms. The molecule has 1 heterocycles. The molecule has 20 heavy (non-hydrogen) atoms. The number of hydrogen-bond donors (Lipinski definition) is 0. The smallest absolute Gasteiger partial charge is 0.410 e. The van der Waals surface area contributed by atoms with Gasteiger partial charge in [-0.3, -0.25) is 0 Å². The summed E-state index contributed by atoms with van der Waals surface area (Å²) in [5, 5.41) is 0. The van der Waals surface area contributed by atoms with E-state index < -0.39 is 5.60 Å². The minimum Gasteiger partial charge on any atom is -0.444 e. The van der Waals surface area contributed by atoms with Gasteiger partial charge < -0.3 is 14.4 Å². The lowest BCUT2D eigenvalue weighted by Gasteiger charge is -2.41. The number of piperidine rings is 1. The lowest BCUT2D eigenvalue weighted by atomic mass is 9.88. The van der Waals surface area contributed by atoms with Gasteiger partial charge in [-0.2, -0.15) is 0 Å². The first-order valence-corrected chi connectivity index (χ1v) is 7.79. The van der Waals surface area contributed by atoms with Crippen molar-refractivity contribution in [2.45, 2.75) is 72.0 Å². The third kappa shape index (κ3) is 5.31. The maximum Gasteiger partial charge on any atom is 0.410 e. The first-order chi connectivity index (χ1) is 9.17. The lowest BCUT2D eigenvalue weighted by Crippen LogP contribution is -2.49. The van der Waals surface area contributed by atoms with Crippen molar-refractivity contribution in [2.75, 3.05) is 19.7 Å². The van der Waals surface area contributed by atoms with Crippen LogP contribution in [0.4, 0.5) is 4.79 Å². The molecule has 0 N–H and O–H groups in total. The Labute approximate surface area is 123 Å². The molecular formula is C16H31NO3. The normalized spacial score (nSPS) is 19.2. The Kier molecular flexibility index (Phi) is 5.87. The van der Waals surface area contributed by atoms with E-state index in [1.54, 1.807) is 4.90 Å². The van der Waals surface area contributed by atoms with Crippen LogP contribution in [0.3, 0.4) is 0 Å². The van der Waals surface area contributed by atoms with Crippen LogP contribution in [-0.2, 0) is 9.47 Å². The van der Waals surface area contributed by atoms with Crippen molar-refractivity contribution < 1.29 is 14.3 Å². The number of nitrogens with zero attached hydrogens (tertiary/aromatic N) is 1. The zero-order chi connectivity index (χ0) is 15.4. The van der Waals surface area contributed by atoms with Gasteiger partial charge in [0.25, 0.3) is 0 Å². The molecule has 0 atom stereocenters. The SMILES string of the molecule is CCC1(OCC(C)C)CCN(C(=O)OC(C)(C)C)CC1. The van der Waals surface area contributed by atoms with Crippen LogP contribution in [0.15, 0.2) is 0 Å².